The predicted molar refractivity (Wildman–Crippen MR) is 144 cm³/mol. The zero-order chi connectivity index (χ0) is 30.0. The molecule has 2 aromatic carbocycles. The first kappa shape index (κ1) is 29.9. The number of rotatable bonds is 7. The number of nitrogens with one attached hydrogen (secondary N) is 2. The van der Waals surface area contributed by atoms with Crippen molar-refractivity contribution in [2.75, 3.05) is 26.2 Å². The number of hydrogen-bond acceptors (Lipinski definition) is 9. The molecule has 17 heteroatoms. The third kappa shape index (κ3) is 6.17. The molecule has 1 fully saturated rings. The van der Waals surface area contributed by atoms with Crippen molar-refractivity contribution in [1.82, 2.24) is 20.4 Å². The summed E-state index contributed by atoms with van der Waals surface area (Å²) in [6, 6.07) is 4.03. The molecule has 216 valence electrons. The molecule has 0 saturated carbocycles. The number of carboxylic acids is 1. The van der Waals surface area contributed by atoms with Crippen LogP contribution in [0.25, 0.3) is 0 Å². The van der Waals surface area contributed by atoms with Crippen molar-refractivity contribution < 1.29 is 43.9 Å². The molecule has 0 aromatic heterocycles. The molecule has 0 bridgehead atoms. The van der Waals surface area contributed by atoms with E-state index in [1.54, 1.807) is 6.07 Å². The van der Waals surface area contributed by atoms with Gasteiger partial charge in [-0.05, 0) is 35.7 Å². The van der Waals surface area contributed by atoms with E-state index in [1.807, 2.05) is 0 Å². The molecule has 0 unspecified atom stereocenters. The van der Waals surface area contributed by atoms with Crippen molar-refractivity contribution in [3.05, 3.63) is 57.1 Å². The Morgan fingerprint density at radius 3 is 2.46 bits per heavy atom. The Bertz CT molecular complexity index is 1400. The van der Waals surface area contributed by atoms with Crippen LogP contribution in [0.2, 0.25) is 10.0 Å². The van der Waals surface area contributed by atoms with Crippen molar-refractivity contribution in [2.45, 2.75) is 18.4 Å². The second kappa shape index (κ2) is 12.2. The van der Waals surface area contributed by atoms with Gasteiger partial charge in [0.15, 0.2) is 5.75 Å². The summed E-state index contributed by atoms with van der Waals surface area (Å²) < 4.78 is 5.40. The van der Waals surface area contributed by atoms with E-state index in [0.29, 0.717) is 10.5 Å². The summed E-state index contributed by atoms with van der Waals surface area (Å²) in [5, 5.41) is 34.4. The zero-order valence-corrected chi connectivity index (χ0v) is 22.7. The predicted octanol–water partition coefficient (Wildman–Crippen LogP) is -0.0830. The standard InChI is InChI=1S/C24H24BCl2N5O9/c26-14-8-12(9-15(27)18(14)33)17(30-24(39)32-7-6-31(5-4-28)21(35)22(32)36)20(34)29-16-10-11-2-1-3-13(23(37)38)19(11)41-25(16)40/h1-3,8-9,16-17,33,40H,4-7,10,28H2,(H,29,34)(H,30,39)(H,37,38)/t16-,17+/m0/s1. The van der Waals surface area contributed by atoms with Gasteiger partial charge in [0, 0.05) is 26.2 Å². The van der Waals surface area contributed by atoms with Gasteiger partial charge in [0.25, 0.3) is 0 Å². The third-order valence-electron chi connectivity index (χ3n) is 6.53. The van der Waals surface area contributed by atoms with E-state index in [1.165, 1.54) is 29.2 Å². The molecule has 2 atom stereocenters. The lowest BCUT2D eigenvalue weighted by molar-refractivity contribution is -0.153. The number of urea groups is 1. The van der Waals surface area contributed by atoms with Crippen molar-refractivity contribution in [2.24, 2.45) is 5.73 Å². The molecule has 2 heterocycles. The van der Waals surface area contributed by atoms with Crippen LogP contribution in [0.1, 0.15) is 27.5 Å². The van der Waals surface area contributed by atoms with E-state index in [2.05, 4.69) is 10.6 Å². The molecule has 14 nitrogen and oxygen atoms in total. The van der Waals surface area contributed by atoms with Crippen LogP contribution in [0.15, 0.2) is 30.3 Å². The number of phenols is 1. The molecular formula is C24H24BCl2N5O9. The van der Waals surface area contributed by atoms with Gasteiger partial charge in [-0.15, -0.1) is 0 Å². The Labute approximate surface area is 243 Å². The van der Waals surface area contributed by atoms with E-state index in [9.17, 15) is 39.2 Å². The number of para-hydroxylation sites is 1. The highest BCUT2D eigenvalue weighted by atomic mass is 35.5. The number of halogens is 2. The fourth-order valence-corrected chi connectivity index (χ4v) is 4.98. The van der Waals surface area contributed by atoms with Crippen LogP contribution in [-0.2, 0) is 20.8 Å². The quantitative estimate of drug-likeness (QED) is 0.182. The van der Waals surface area contributed by atoms with Crippen molar-refractivity contribution in [3.8, 4) is 11.5 Å². The SMILES string of the molecule is NCCN1CCN(C(=O)N[C@@H](C(=O)N[C@H]2Cc3cccc(C(=O)O)c3OB2O)c2cc(Cl)c(O)c(Cl)c2)C(=O)C1=O. The summed E-state index contributed by atoms with van der Waals surface area (Å²) in [5.41, 5.74) is 5.69. The number of benzene rings is 2. The largest absolute Gasteiger partial charge is 0.547 e. The van der Waals surface area contributed by atoms with Crippen molar-refractivity contribution >= 4 is 60.0 Å². The molecule has 7 N–H and O–H groups in total. The Hall–Kier alpha value is -4.05. The number of nitrogens with two attached hydrogens (primary N) is 1. The van der Waals surface area contributed by atoms with E-state index >= 15 is 0 Å². The number of carbonyl (C=O) groups excluding carboxylic acids is 4. The number of carbonyl (C=O) groups is 5. The van der Waals surface area contributed by atoms with Crippen LogP contribution in [0.5, 0.6) is 11.5 Å². The number of carboxylic acid groups (broad SMARTS) is 1. The number of nitrogens with zero attached hydrogens (tertiary/aromatic N) is 2. The smallest absolute Gasteiger partial charge is 0.534 e. The van der Waals surface area contributed by atoms with Crippen LogP contribution in [0, 0.1) is 0 Å². The number of hydrogen-bond donors (Lipinski definition) is 6. The summed E-state index contributed by atoms with van der Waals surface area (Å²) >= 11 is 12.1. The minimum Gasteiger partial charge on any atom is -0.534 e. The van der Waals surface area contributed by atoms with E-state index in [0.717, 1.165) is 0 Å². The second-order valence-corrected chi connectivity index (χ2v) is 9.99. The van der Waals surface area contributed by atoms with Crippen LogP contribution in [0.3, 0.4) is 0 Å². The number of imide groups is 1. The number of amides is 5. The molecule has 1 saturated heterocycles. The Morgan fingerprint density at radius 2 is 1.83 bits per heavy atom. The molecule has 2 aromatic rings. The molecular weight excluding hydrogens is 584 g/mol. The highest BCUT2D eigenvalue weighted by Crippen LogP contribution is 2.35. The monoisotopic (exact) mass is 607 g/mol. The highest BCUT2D eigenvalue weighted by molar-refractivity contribution is 6.47. The molecule has 0 spiro atoms. The van der Waals surface area contributed by atoms with Crippen LogP contribution >= 0.6 is 23.2 Å². The van der Waals surface area contributed by atoms with E-state index < -0.39 is 54.6 Å². The average molecular weight is 608 g/mol. The molecule has 2 aliphatic heterocycles. The van der Waals surface area contributed by atoms with Gasteiger partial charge >= 0.3 is 30.9 Å². The van der Waals surface area contributed by atoms with Crippen LogP contribution in [0.4, 0.5) is 4.79 Å². The summed E-state index contributed by atoms with van der Waals surface area (Å²) in [4.78, 5) is 65.0. The normalized spacial score (nSPS) is 17.5. The van der Waals surface area contributed by atoms with Crippen LogP contribution in [-0.4, -0.2) is 94.0 Å². The number of piperazine rings is 1. The fraction of sp³-hybridized carbons (Fsp3) is 0.292. The van der Waals surface area contributed by atoms with Gasteiger partial charge in [0.2, 0.25) is 5.91 Å². The van der Waals surface area contributed by atoms with E-state index in [4.69, 9.17) is 33.6 Å². The summed E-state index contributed by atoms with van der Waals surface area (Å²) in [5.74, 6) is -5.83. The second-order valence-electron chi connectivity index (χ2n) is 9.18. The van der Waals surface area contributed by atoms with Gasteiger partial charge in [-0.25, -0.2) is 9.59 Å². The van der Waals surface area contributed by atoms with Crippen molar-refractivity contribution in [3.63, 3.8) is 0 Å². The number of phenolic OH excluding ortho intramolecular Hbond substituents is 1. The first-order valence-corrected chi connectivity index (χ1v) is 13.0. The van der Waals surface area contributed by atoms with Gasteiger partial charge < -0.3 is 41.2 Å². The maximum atomic E-state index is 13.5. The summed E-state index contributed by atoms with van der Waals surface area (Å²) in [6.45, 7) is 0.110. The maximum absolute atomic E-state index is 13.5. The number of aromatic carboxylic acids is 1. The Morgan fingerprint density at radius 1 is 1.15 bits per heavy atom. The highest BCUT2D eigenvalue weighted by Gasteiger charge is 2.41. The van der Waals surface area contributed by atoms with Crippen LogP contribution < -0.4 is 21.0 Å². The van der Waals surface area contributed by atoms with E-state index in [-0.39, 0.29) is 59.5 Å². The molecule has 0 radical (unpaired) electrons. The Balaban J connectivity index is 1.59. The zero-order valence-electron chi connectivity index (χ0n) is 21.2. The third-order valence-corrected chi connectivity index (χ3v) is 7.11. The summed E-state index contributed by atoms with van der Waals surface area (Å²) in [6.07, 6.45) is -0.0305. The van der Waals surface area contributed by atoms with Gasteiger partial charge in [-0.3, -0.25) is 19.3 Å². The number of fused-ring (bicyclic) bond motifs is 1. The molecule has 4 rings (SSSR count). The summed E-state index contributed by atoms with van der Waals surface area (Å²) in [7, 11) is -1.66. The fourth-order valence-electron chi connectivity index (χ4n) is 4.47. The minimum atomic E-state index is -1.66. The first-order chi connectivity index (χ1) is 19.4. The Kier molecular flexibility index (Phi) is 8.92. The van der Waals surface area contributed by atoms with Gasteiger partial charge in [0.05, 0.1) is 21.5 Å². The van der Waals surface area contributed by atoms with Gasteiger partial charge in [0.1, 0.15) is 11.8 Å². The molecule has 41 heavy (non-hydrogen) atoms. The first-order valence-electron chi connectivity index (χ1n) is 12.2. The lowest BCUT2D eigenvalue weighted by atomic mass is 9.72. The number of aromatic hydroxyl groups is 1. The maximum Gasteiger partial charge on any atom is 0.547 e. The molecule has 5 amide bonds. The minimum absolute atomic E-state index is 0.00368. The van der Waals surface area contributed by atoms with Crippen molar-refractivity contribution in [1.29, 1.82) is 0 Å². The average Bonchev–Trinajstić information content (AvgIpc) is 2.92. The topological polar surface area (TPSA) is 212 Å². The van der Waals surface area contributed by atoms with Gasteiger partial charge in [-0.2, -0.15) is 0 Å². The molecule has 2 aliphatic rings. The lowest BCUT2D eigenvalue weighted by Gasteiger charge is -2.33. The van der Waals surface area contributed by atoms with Gasteiger partial charge in [-0.1, -0.05) is 35.3 Å². The lowest BCUT2D eigenvalue weighted by Crippen LogP contribution is -2.60. The molecule has 0 aliphatic carbocycles.